The van der Waals surface area contributed by atoms with Gasteiger partial charge in [0.25, 0.3) is 5.91 Å². The molecule has 1 aromatic carbocycles. The monoisotopic (exact) mass is 330 g/mol. The summed E-state index contributed by atoms with van der Waals surface area (Å²) in [6, 6.07) is 8.92. The van der Waals surface area contributed by atoms with Crippen LogP contribution in [0.1, 0.15) is 21.7 Å². The number of halogens is 1. The Morgan fingerprint density at radius 2 is 2.26 bits per heavy atom. The Bertz CT molecular complexity index is 847. The van der Waals surface area contributed by atoms with Crippen LogP contribution in [0.25, 0.3) is 10.9 Å². The van der Waals surface area contributed by atoms with Gasteiger partial charge in [0.2, 0.25) is 0 Å². The predicted molar refractivity (Wildman–Crippen MR) is 87.2 cm³/mol. The maximum Gasteiger partial charge on any atom is 0.253 e. The first kappa shape index (κ1) is 15.5. The van der Waals surface area contributed by atoms with Gasteiger partial charge in [0.1, 0.15) is 0 Å². The number of ether oxygens (including phenoxy) is 1. The molecular formula is C16H15ClN4O2. The lowest BCUT2D eigenvalue weighted by atomic mass is 10.1. The molecule has 2 N–H and O–H groups in total. The minimum atomic E-state index is -0.253. The van der Waals surface area contributed by atoms with Gasteiger partial charge in [0.15, 0.2) is 0 Å². The molecule has 7 heteroatoms. The van der Waals surface area contributed by atoms with Crippen LogP contribution in [0.5, 0.6) is 0 Å². The van der Waals surface area contributed by atoms with Crippen molar-refractivity contribution in [1.29, 1.82) is 0 Å². The molecule has 0 bridgehead atoms. The number of benzene rings is 1. The maximum absolute atomic E-state index is 12.5. The second kappa shape index (κ2) is 6.76. The summed E-state index contributed by atoms with van der Waals surface area (Å²) in [7, 11) is 1.60. The molecule has 0 aliphatic carbocycles. The van der Waals surface area contributed by atoms with E-state index >= 15 is 0 Å². The molecule has 0 saturated carbocycles. The third-order valence-electron chi connectivity index (χ3n) is 3.38. The normalized spacial score (nSPS) is 10.9. The van der Waals surface area contributed by atoms with Crippen molar-refractivity contribution in [3.8, 4) is 0 Å². The minimum absolute atomic E-state index is 0.253. The summed E-state index contributed by atoms with van der Waals surface area (Å²) in [6.07, 6.45) is 1.68. The number of hydrogen-bond donors (Lipinski definition) is 2. The van der Waals surface area contributed by atoms with E-state index < -0.39 is 0 Å². The van der Waals surface area contributed by atoms with E-state index in [0.29, 0.717) is 23.7 Å². The van der Waals surface area contributed by atoms with E-state index in [4.69, 9.17) is 16.3 Å². The van der Waals surface area contributed by atoms with Crippen LogP contribution < -0.4 is 5.32 Å². The third-order valence-corrected chi connectivity index (χ3v) is 3.69. The van der Waals surface area contributed by atoms with Gasteiger partial charge in [0, 0.05) is 18.7 Å². The molecule has 0 spiro atoms. The van der Waals surface area contributed by atoms with Crippen LogP contribution in [0.3, 0.4) is 0 Å². The molecule has 3 aromatic rings. The number of amides is 1. The van der Waals surface area contributed by atoms with E-state index in [1.54, 1.807) is 31.5 Å². The van der Waals surface area contributed by atoms with Crippen molar-refractivity contribution >= 4 is 28.4 Å². The van der Waals surface area contributed by atoms with Gasteiger partial charge in [-0.3, -0.25) is 14.9 Å². The third kappa shape index (κ3) is 3.33. The van der Waals surface area contributed by atoms with Crippen molar-refractivity contribution in [2.45, 2.75) is 13.2 Å². The summed E-state index contributed by atoms with van der Waals surface area (Å²) in [5.41, 5.74) is 2.73. The van der Waals surface area contributed by atoms with Crippen LogP contribution in [0.15, 0.2) is 36.5 Å². The number of methoxy groups -OCH3 is 1. The zero-order chi connectivity index (χ0) is 16.2. The molecule has 0 atom stereocenters. The standard InChI is InChI=1S/C16H15ClN4O2/c1-23-9-11-7-10(20-21-11)8-19-16(22)15-12-3-2-6-18-14(12)5-4-13(15)17/h2-7H,8-9H2,1H3,(H,19,22)(H,20,21). The van der Waals surface area contributed by atoms with E-state index in [1.807, 2.05) is 12.1 Å². The van der Waals surface area contributed by atoms with Crippen LogP contribution in [0.4, 0.5) is 0 Å². The van der Waals surface area contributed by atoms with Gasteiger partial charge in [-0.2, -0.15) is 5.10 Å². The number of carbonyl (C=O) groups is 1. The molecule has 2 heterocycles. The van der Waals surface area contributed by atoms with Gasteiger partial charge in [-0.1, -0.05) is 17.7 Å². The lowest BCUT2D eigenvalue weighted by molar-refractivity contribution is 0.0952. The van der Waals surface area contributed by atoms with Crippen LogP contribution in [0.2, 0.25) is 5.02 Å². The lowest BCUT2D eigenvalue weighted by Crippen LogP contribution is -2.23. The Labute approximate surface area is 137 Å². The van der Waals surface area contributed by atoms with Gasteiger partial charge >= 0.3 is 0 Å². The molecule has 6 nitrogen and oxygen atoms in total. The molecule has 1 amide bonds. The maximum atomic E-state index is 12.5. The van der Waals surface area contributed by atoms with Gasteiger partial charge < -0.3 is 10.1 Å². The molecule has 0 fully saturated rings. The molecule has 118 valence electrons. The Kier molecular flexibility index (Phi) is 4.55. The number of H-pyrrole nitrogens is 1. The number of aromatic amines is 1. The van der Waals surface area contributed by atoms with Gasteiger partial charge in [-0.15, -0.1) is 0 Å². The second-order valence-electron chi connectivity index (χ2n) is 4.99. The minimum Gasteiger partial charge on any atom is -0.378 e. The first-order valence-corrected chi connectivity index (χ1v) is 7.40. The van der Waals surface area contributed by atoms with E-state index in [0.717, 1.165) is 22.3 Å². The fourth-order valence-corrected chi connectivity index (χ4v) is 2.59. The Hall–Kier alpha value is -2.44. The molecule has 0 aliphatic rings. The lowest BCUT2D eigenvalue weighted by Gasteiger charge is -2.08. The first-order valence-electron chi connectivity index (χ1n) is 7.02. The number of rotatable bonds is 5. The van der Waals surface area contributed by atoms with E-state index in [-0.39, 0.29) is 5.91 Å². The average molecular weight is 331 g/mol. The van der Waals surface area contributed by atoms with Crippen molar-refractivity contribution < 1.29 is 9.53 Å². The van der Waals surface area contributed by atoms with E-state index in [9.17, 15) is 4.79 Å². The number of nitrogens with zero attached hydrogens (tertiary/aromatic N) is 2. The Balaban J connectivity index is 1.79. The molecule has 3 rings (SSSR count). The van der Waals surface area contributed by atoms with Gasteiger partial charge in [0.05, 0.1) is 40.6 Å². The number of fused-ring (bicyclic) bond motifs is 1. The summed E-state index contributed by atoms with van der Waals surface area (Å²) >= 11 is 6.20. The van der Waals surface area contributed by atoms with Gasteiger partial charge in [-0.25, -0.2) is 0 Å². The molecular weight excluding hydrogens is 316 g/mol. The smallest absolute Gasteiger partial charge is 0.253 e. The van der Waals surface area contributed by atoms with Crippen molar-refractivity contribution in [2.75, 3.05) is 7.11 Å². The Morgan fingerprint density at radius 1 is 1.39 bits per heavy atom. The van der Waals surface area contributed by atoms with Crippen LogP contribution >= 0.6 is 11.6 Å². The fourth-order valence-electron chi connectivity index (χ4n) is 2.34. The Morgan fingerprint density at radius 3 is 3.09 bits per heavy atom. The highest BCUT2D eigenvalue weighted by Crippen LogP contribution is 2.24. The van der Waals surface area contributed by atoms with Crippen molar-refractivity contribution in [3.63, 3.8) is 0 Å². The quantitative estimate of drug-likeness (QED) is 0.753. The summed E-state index contributed by atoms with van der Waals surface area (Å²) < 4.78 is 5.01. The highest BCUT2D eigenvalue weighted by molar-refractivity contribution is 6.35. The first-order chi connectivity index (χ1) is 11.2. The van der Waals surface area contributed by atoms with E-state index in [2.05, 4.69) is 20.5 Å². The molecule has 23 heavy (non-hydrogen) atoms. The molecule has 2 aromatic heterocycles. The topological polar surface area (TPSA) is 79.9 Å². The van der Waals surface area contributed by atoms with Gasteiger partial charge in [-0.05, 0) is 24.3 Å². The SMILES string of the molecule is COCc1cc(CNC(=O)c2c(Cl)ccc3ncccc23)[nH]n1. The highest BCUT2D eigenvalue weighted by Gasteiger charge is 2.15. The van der Waals surface area contributed by atoms with Crippen LogP contribution in [0, 0.1) is 0 Å². The predicted octanol–water partition coefficient (Wildman–Crippen LogP) is 2.69. The second-order valence-corrected chi connectivity index (χ2v) is 5.40. The van der Waals surface area contributed by atoms with Crippen molar-refractivity contribution in [1.82, 2.24) is 20.5 Å². The fraction of sp³-hybridized carbons (Fsp3) is 0.188. The summed E-state index contributed by atoms with van der Waals surface area (Å²) in [5, 5.41) is 10.9. The van der Waals surface area contributed by atoms with Crippen molar-refractivity contribution in [2.24, 2.45) is 0 Å². The average Bonchev–Trinajstić information content (AvgIpc) is 3.00. The molecule has 0 unspecified atom stereocenters. The van der Waals surface area contributed by atoms with Crippen LogP contribution in [-0.2, 0) is 17.9 Å². The summed E-state index contributed by atoms with van der Waals surface area (Å²) in [6.45, 7) is 0.744. The zero-order valence-electron chi connectivity index (χ0n) is 12.5. The van der Waals surface area contributed by atoms with Crippen molar-refractivity contribution in [3.05, 3.63) is 58.5 Å². The largest absolute Gasteiger partial charge is 0.378 e. The number of pyridine rings is 1. The number of aromatic nitrogens is 3. The van der Waals surface area contributed by atoms with E-state index in [1.165, 1.54) is 0 Å². The number of hydrogen-bond acceptors (Lipinski definition) is 4. The molecule has 0 saturated heterocycles. The number of nitrogens with one attached hydrogen (secondary N) is 2. The summed E-state index contributed by atoms with van der Waals surface area (Å²) in [5.74, 6) is -0.253. The molecule has 0 radical (unpaired) electrons. The summed E-state index contributed by atoms with van der Waals surface area (Å²) in [4.78, 5) is 16.7. The highest BCUT2D eigenvalue weighted by atomic mass is 35.5. The zero-order valence-corrected chi connectivity index (χ0v) is 13.2. The number of carbonyl (C=O) groups excluding carboxylic acids is 1. The van der Waals surface area contributed by atoms with Crippen LogP contribution in [-0.4, -0.2) is 28.2 Å². The molecule has 0 aliphatic heterocycles.